The first-order chi connectivity index (χ1) is 9.74. The van der Waals surface area contributed by atoms with Gasteiger partial charge in [0.25, 0.3) is 5.91 Å². The van der Waals surface area contributed by atoms with E-state index in [2.05, 4.69) is 4.98 Å². The van der Waals surface area contributed by atoms with Crippen LogP contribution in [0.3, 0.4) is 0 Å². The van der Waals surface area contributed by atoms with Crippen LogP contribution in [0.1, 0.15) is 11.5 Å². The van der Waals surface area contributed by atoms with Crippen LogP contribution in [0.2, 0.25) is 0 Å². The largest absolute Gasteiger partial charge is 0.467 e. The van der Waals surface area contributed by atoms with Crippen LogP contribution < -0.4 is 0 Å². The van der Waals surface area contributed by atoms with Crippen LogP contribution in [0.5, 0.6) is 0 Å². The summed E-state index contributed by atoms with van der Waals surface area (Å²) in [6, 6.07) is 9.17. The number of carbonyl (C=O) groups excluding carboxylic acids is 1. The highest BCUT2D eigenvalue weighted by Gasteiger charge is 2.32. The van der Waals surface area contributed by atoms with E-state index >= 15 is 0 Å². The van der Waals surface area contributed by atoms with Crippen LogP contribution >= 0.6 is 24.0 Å². The second-order valence-electron chi connectivity index (χ2n) is 4.10. The quantitative estimate of drug-likeness (QED) is 0.644. The van der Waals surface area contributed by atoms with E-state index in [-0.39, 0.29) is 5.91 Å². The van der Waals surface area contributed by atoms with Crippen molar-refractivity contribution < 1.29 is 9.21 Å². The maximum Gasteiger partial charge on any atom is 0.266 e. The van der Waals surface area contributed by atoms with Gasteiger partial charge in [-0.3, -0.25) is 14.7 Å². The summed E-state index contributed by atoms with van der Waals surface area (Å²) in [7, 11) is 0. The third kappa shape index (κ3) is 2.66. The van der Waals surface area contributed by atoms with Crippen LogP contribution in [-0.2, 0) is 11.3 Å². The smallest absolute Gasteiger partial charge is 0.266 e. The SMILES string of the molecule is O=C1/C(=C\c2ccccn2)SC(=S)N1Cc1ccco1. The fraction of sp³-hybridized carbons (Fsp3) is 0.0714. The molecule has 1 aliphatic heterocycles. The maximum atomic E-state index is 12.3. The van der Waals surface area contributed by atoms with Gasteiger partial charge in [-0.25, -0.2) is 0 Å². The lowest BCUT2D eigenvalue weighted by molar-refractivity contribution is -0.122. The summed E-state index contributed by atoms with van der Waals surface area (Å²) in [5, 5.41) is 0. The number of hydrogen-bond acceptors (Lipinski definition) is 5. The summed E-state index contributed by atoms with van der Waals surface area (Å²) < 4.78 is 5.79. The van der Waals surface area contributed by atoms with E-state index in [1.165, 1.54) is 16.7 Å². The number of thiocarbonyl (C=S) groups is 1. The van der Waals surface area contributed by atoms with Gasteiger partial charge in [-0.15, -0.1) is 0 Å². The molecule has 0 N–H and O–H groups in total. The Hall–Kier alpha value is -1.92. The lowest BCUT2D eigenvalue weighted by Gasteiger charge is -2.11. The van der Waals surface area contributed by atoms with Crippen molar-refractivity contribution in [1.82, 2.24) is 9.88 Å². The molecule has 0 aliphatic carbocycles. The molecular formula is C14H10N2O2S2. The first kappa shape index (κ1) is 13.1. The molecular weight excluding hydrogens is 292 g/mol. The molecule has 20 heavy (non-hydrogen) atoms. The zero-order valence-electron chi connectivity index (χ0n) is 10.4. The van der Waals surface area contributed by atoms with E-state index in [0.29, 0.717) is 21.5 Å². The third-order valence-corrected chi connectivity index (χ3v) is 4.11. The molecule has 3 rings (SSSR count). The zero-order chi connectivity index (χ0) is 13.9. The molecule has 0 saturated carbocycles. The van der Waals surface area contributed by atoms with Gasteiger partial charge in [0, 0.05) is 6.20 Å². The fourth-order valence-electron chi connectivity index (χ4n) is 1.79. The maximum absolute atomic E-state index is 12.3. The lowest BCUT2D eigenvalue weighted by atomic mass is 10.3. The zero-order valence-corrected chi connectivity index (χ0v) is 12.0. The molecule has 2 aromatic heterocycles. The van der Waals surface area contributed by atoms with Crippen molar-refractivity contribution in [3.63, 3.8) is 0 Å². The summed E-state index contributed by atoms with van der Waals surface area (Å²) in [4.78, 5) is 18.6. The number of amides is 1. The molecule has 0 radical (unpaired) electrons. The molecule has 0 unspecified atom stereocenters. The number of pyridine rings is 1. The standard InChI is InChI=1S/C14H10N2O2S2/c17-13-12(8-10-4-1-2-6-15-10)20-14(19)16(13)9-11-5-3-7-18-11/h1-8H,9H2/b12-8+. The molecule has 100 valence electrons. The van der Waals surface area contributed by atoms with Gasteiger partial charge in [-0.05, 0) is 30.3 Å². The molecule has 1 amide bonds. The van der Waals surface area contributed by atoms with Crippen molar-refractivity contribution in [1.29, 1.82) is 0 Å². The Balaban J connectivity index is 1.82. The van der Waals surface area contributed by atoms with Crippen molar-refractivity contribution in [2.45, 2.75) is 6.54 Å². The summed E-state index contributed by atoms with van der Waals surface area (Å²) in [6.45, 7) is 0.358. The molecule has 2 aromatic rings. The summed E-state index contributed by atoms with van der Waals surface area (Å²) >= 11 is 6.53. The molecule has 0 aromatic carbocycles. The molecule has 1 saturated heterocycles. The highest BCUT2D eigenvalue weighted by molar-refractivity contribution is 8.26. The number of nitrogens with zero attached hydrogens (tertiary/aromatic N) is 2. The first-order valence-electron chi connectivity index (χ1n) is 5.93. The van der Waals surface area contributed by atoms with Gasteiger partial charge in [0.1, 0.15) is 10.1 Å². The molecule has 6 heteroatoms. The van der Waals surface area contributed by atoms with E-state index in [4.69, 9.17) is 16.6 Å². The van der Waals surface area contributed by atoms with Crippen LogP contribution in [0.15, 0.2) is 52.1 Å². The van der Waals surface area contributed by atoms with E-state index in [9.17, 15) is 4.79 Å². The van der Waals surface area contributed by atoms with Gasteiger partial charge < -0.3 is 4.42 Å². The van der Waals surface area contributed by atoms with E-state index < -0.39 is 0 Å². The van der Waals surface area contributed by atoms with Gasteiger partial charge >= 0.3 is 0 Å². The van der Waals surface area contributed by atoms with Crippen molar-refractivity contribution in [3.8, 4) is 0 Å². The minimum atomic E-state index is -0.109. The fourth-order valence-corrected chi connectivity index (χ4v) is 3.03. The predicted molar refractivity (Wildman–Crippen MR) is 81.7 cm³/mol. The Morgan fingerprint density at radius 2 is 2.25 bits per heavy atom. The Labute approximate surface area is 125 Å². The van der Waals surface area contributed by atoms with Gasteiger partial charge in [0.15, 0.2) is 0 Å². The van der Waals surface area contributed by atoms with Crippen LogP contribution in [0.25, 0.3) is 6.08 Å². The van der Waals surface area contributed by atoms with Gasteiger partial charge in [0.05, 0.1) is 23.4 Å². The van der Waals surface area contributed by atoms with E-state index in [1.807, 2.05) is 24.3 Å². The Morgan fingerprint density at radius 3 is 2.95 bits per heavy atom. The molecule has 0 spiro atoms. The number of carbonyl (C=O) groups is 1. The average Bonchev–Trinajstić information content (AvgIpc) is 3.05. The highest BCUT2D eigenvalue weighted by atomic mass is 32.2. The minimum absolute atomic E-state index is 0.109. The third-order valence-electron chi connectivity index (χ3n) is 2.73. The van der Waals surface area contributed by atoms with Gasteiger partial charge in [-0.2, -0.15) is 0 Å². The Morgan fingerprint density at radius 1 is 1.35 bits per heavy atom. The molecule has 1 aliphatic rings. The number of rotatable bonds is 3. The van der Waals surface area contributed by atoms with Crippen molar-refractivity contribution in [3.05, 3.63) is 59.2 Å². The monoisotopic (exact) mass is 302 g/mol. The van der Waals surface area contributed by atoms with Crippen LogP contribution in [0.4, 0.5) is 0 Å². The van der Waals surface area contributed by atoms with E-state index in [1.54, 1.807) is 24.6 Å². The van der Waals surface area contributed by atoms with Crippen molar-refractivity contribution in [2.75, 3.05) is 0 Å². The Kier molecular flexibility index (Phi) is 3.66. The topological polar surface area (TPSA) is 46.3 Å². The summed E-state index contributed by atoms with van der Waals surface area (Å²) in [5.41, 5.74) is 0.742. The number of hydrogen-bond donors (Lipinski definition) is 0. The van der Waals surface area contributed by atoms with Crippen LogP contribution in [-0.4, -0.2) is 20.1 Å². The van der Waals surface area contributed by atoms with Gasteiger partial charge in [0.2, 0.25) is 0 Å². The first-order valence-corrected chi connectivity index (χ1v) is 7.15. The number of thioether (sulfide) groups is 1. The Bertz CT molecular complexity index is 666. The lowest BCUT2D eigenvalue weighted by Crippen LogP contribution is -2.27. The predicted octanol–water partition coefficient (Wildman–Crippen LogP) is 3.08. The molecule has 0 bridgehead atoms. The van der Waals surface area contributed by atoms with E-state index in [0.717, 1.165) is 5.69 Å². The summed E-state index contributed by atoms with van der Waals surface area (Å²) in [5.74, 6) is 0.599. The second kappa shape index (κ2) is 5.60. The molecule has 4 nitrogen and oxygen atoms in total. The molecule has 3 heterocycles. The second-order valence-corrected chi connectivity index (χ2v) is 5.78. The van der Waals surface area contributed by atoms with Gasteiger partial charge in [-0.1, -0.05) is 30.0 Å². The van der Waals surface area contributed by atoms with Crippen molar-refractivity contribution in [2.24, 2.45) is 0 Å². The summed E-state index contributed by atoms with van der Waals surface area (Å²) in [6.07, 6.45) is 5.02. The molecule has 0 atom stereocenters. The number of aromatic nitrogens is 1. The highest BCUT2D eigenvalue weighted by Crippen LogP contribution is 2.33. The van der Waals surface area contributed by atoms with Crippen LogP contribution in [0, 0.1) is 0 Å². The minimum Gasteiger partial charge on any atom is -0.467 e. The number of furan rings is 1. The molecule has 1 fully saturated rings. The normalized spacial score (nSPS) is 17.2. The van der Waals surface area contributed by atoms with Crippen molar-refractivity contribution >= 4 is 40.3 Å². The average molecular weight is 302 g/mol.